The second-order valence-corrected chi connectivity index (χ2v) is 4.30. The van der Waals surface area contributed by atoms with Crippen LogP contribution >= 0.6 is 0 Å². The summed E-state index contributed by atoms with van der Waals surface area (Å²) in [6.07, 6.45) is 2.31. The summed E-state index contributed by atoms with van der Waals surface area (Å²) in [7, 11) is 0. The highest BCUT2D eigenvalue weighted by molar-refractivity contribution is 5.76. The first-order valence-electron chi connectivity index (χ1n) is 5.74. The van der Waals surface area contributed by atoms with E-state index in [2.05, 4.69) is 17.2 Å². The molecule has 0 saturated carbocycles. The Hall–Kier alpha value is -1.52. The number of urea groups is 1. The SMILES string of the molecule is C=CCNC(=O)NCCOC(=O)C(C)(C)CC. The number of carbonyl (C=O) groups is 2. The zero-order chi connectivity index (χ0) is 13.3. The monoisotopic (exact) mass is 242 g/mol. The molecule has 0 radical (unpaired) electrons. The Kier molecular flexibility index (Phi) is 7.02. The Balaban J connectivity index is 3.68. The van der Waals surface area contributed by atoms with Crippen LogP contribution in [0.1, 0.15) is 27.2 Å². The van der Waals surface area contributed by atoms with Crippen LogP contribution in [0.4, 0.5) is 4.79 Å². The Morgan fingerprint density at radius 1 is 1.35 bits per heavy atom. The molecule has 0 aromatic heterocycles. The number of nitrogens with one attached hydrogen (secondary N) is 2. The first kappa shape index (κ1) is 15.5. The van der Waals surface area contributed by atoms with E-state index >= 15 is 0 Å². The van der Waals surface area contributed by atoms with E-state index in [-0.39, 0.29) is 18.6 Å². The van der Waals surface area contributed by atoms with Crippen LogP contribution in [0.15, 0.2) is 12.7 Å². The van der Waals surface area contributed by atoms with Crippen LogP contribution in [-0.2, 0) is 9.53 Å². The molecule has 0 bridgehead atoms. The van der Waals surface area contributed by atoms with Gasteiger partial charge in [-0.15, -0.1) is 6.58 Å². The lowest BCUT2D eigenvalue weighted by atomic mass is 9.91. The van der Waals surface area contributed by atoms with E-state index in [0.29, 0.717) is 13.1 Å². The van der Waals surface area contributed by atoms with Crippen molar-refractivity contribution in [2.45, 2.75) is 27.2 Å². The normalized spacial score (nSPS) is 10.5. The van der Waals surface area contributed by atoms with E-state index in [4.69, 9.17) is 4.74 Å². The Morgan fingerprint density at radius 2 is 2.00 bits per heavy atom. The summed E-state index contributed by atoms with van der Waals surface area (Å²) in [5, 5.41) is 5.12. The number of esters is 1. The van der Waals surface area contributed by atoms with Gasteiger partial charge in [-0.3, -0.25) is 4.79 Å². The van der Waals surface area contributed by atoms with Crippen molar-refractivity contribution in [3.8, 4) is 0 Å². The van der Waals surface area contributed by atoms with Crippen molar-refractivity contribution >= 4 is 12.0 Å². The largest absolute Gasteiger partial charge is 0.463 e. The third-order valence-corrected chi connectivity index (χ3v) is 2.46. The molecule has 0 aliphatic heterocycles. The molecule has 0 aliphatic carbocycles. The molecule has 5 heteroatoms. The van der Waals surface area contributed by atoms with Gasteiger partial charge in [0.25, 0.3) is 0 Å². The number of hydrogen-bond donors (Lipinski definition) is 2. The van der Waals surface area contributed by atoms with Gasteiger partial charge in [0.15, 0.2) is 0 Å². The standard InChI is InChI=1S/C12H22N2O3/c1-5-7-13-11(16)14-8-9-17-10(15)12(3,4)6-2/h5H,1,6-9H2,2-4H3,(H2,13,14,16). The molecule has 17 heavy (non-hydrogen) atoms. The van der Waals surface area contributed by atoms with Gasteiger partial charge in [-0.1, -0.05) is 13.0 Å². The van der Waals surface area contributed by atoms with Gasteiger partial charge in [0.05, 0.1) is 12.0 Å². The molecule has 0 spiro atoms. The third-order valence-electron chi connectivity index (χ3n) is 2.46. The molecular formula is C12H22N2O3. The van der Waals surface area contributed by atoms with Crippen molar-refractivity contribution in [3.63, 3.8) is 0 Å². The molecule has 2 amide bonds. The Labute approximate surface area is 103 Å². The van der Waals surface area contributed by atoms with Crippen molar-refractivity contribution in [2.75, 3.05) is 19.7 Å². The number of ether oxygens (including phenoxy) is 1. The van der Waals surface area contributed by atoms with Crippen molar-refractivity contribution in [1.29, 1.82) is 0 Å². The van der Waals surface area contributed by atoms with Crippen LogP contribution in [0.3, 0.4) is 0 Å². The molecule has 0 atom stereocenters. The molecule has 0 aliphatic rings. The average Bonchev–Trinajstić information content (AvgIpc) is 2.31. The van der Waals surface area contributed by atoms with Gasteiger partial charge in [0.1, 0.15) is 6.61 Å². The van der Waals surface area contributed by atoms with Gasteiger partial charge < -0.3 is 15.4 Å². The summed E-state index contributed by atoms with van der Waals surface area (Å²) in [4.78, 5) is 22.6. The predicted molar refractivity (Wildman–Crippen MR) is 66.6 cm³/mol. The topological polar surface area (TPSA) is 67.4 Å². The van der Waals surface area contributed by atoms with Crippen molar-refractivity contribution in [1.82, 2.24) is 10.6 Å². The fourth-order valence-corrected chi connectivity index (χ4v) is 0.875. The van der Waals surface area contributed by atoms with E-state index in [1.165, 1.54) is 0 Å². The summed E-state index contributed by atoms with van der Waals surface area (Å²) >= 11 is 0. The highest BCUT2D eigenvalue weighted by Crippen LogP contribution is 2.20. The molecule has 2 N–H and O–H groups in total. The number of carbonyl (C=O) groups excluding carboxylic acids is 2. The Morgan fingerprint density at radius 3 is 2.53 bits per heavy atom. The van der Waals surface area contributed by atoms with Crippen molar-refractivity contribution in [3.05, 3.63) is 12.7 Å². The quantitative estimate of drug-likeness (QED) is 0.403. The molecule has 0 unspecified atom stereocenters. The minimum atomic E-state index is -0.467. The highest BCUT2D eigenvalue weighted by Gasteiger charge is 2.26. The summed E-state index contributed by atoms with van der Waals surface area (Å²) in [6.45, 7) is 9.97. The van der Waals surface area contributed by atoms with E-state index in [9.17, 15) is 9.59 Å². The van der Waals surface area contributed by atoms with E-state index < -0.39 is 5.41 Å². The van der Waals surface area contributed by atoms with Gasteiger partial charge >= 0.3 is 12.0 Å². The summed E-state index contributed by atoms with van der Waals surface area (Å²) in [5.41, 5.74) is -0.467. The smallest absolute Gasteiger partial charge is 0.315 e. The minimum absolute atomic E-state index is 0.184. The molecule has 0 rings (SSSR count). The first-order valence-corrected chi connectivity index (χ1v) is 5.74. The van der Waals surface area contributed by atoms with E-state index in [1.54, 1.807) is 6.08 Å². The lowest BCUT2D eigenvalue weighted by Gasteiger charge is -2.20. The maximum absolute atomic E-state index is 11.5. The van der Waals surface area contributed by atoms with E-state index in [1.807, 2.05) is 20.8 Å². The zero-order valence-electron chi connectivity index (χ0n) is 10.8. The molecular weight excluding hydrogens is 220 g/mol. The summed E-state index contributed by atoms with van der Waals surface area (Å²) in [6, 6.07) is -0.296. The fourth-order valence-electron chi connectivity index (χ4n) is 0.875. The predicted octanol–water partition coefficient (Wildman–Crippen LogP) is 1.45. The molecule has 5 nitrogen and oxygen atoms in total. The van der Waals surface area contributed by atoms with Crippen molar-refractivity contribution < 1.29 is 14.3 Å². The van der Waals surface area contributed by atoms with Gasteiger partial charge in [-0.05, 0) is 20.3 Å². The average molecular weight is 242 g/mol. The molecule has 0 aromatic carbocycles. The summed E-state index contributed by atoms with van der Waals surface area (Å²) in [5.74, 6) is -0.242. The number of rotatable bonds is 7. The van der Waals surface area contributed by atoms with Crippen LogP contribution in [0.25, 0.3) is 0 Å². The zero-order valence-corrected chi connectivity index (χ0v) is 10.8. The Bertz CT molecular complexity index is 275. The van der Waals surface area contributed by atoms with Crippen LogP contribution in [0.2, 0.25) is 0 Å². The molecule has 98 valence electrons. The fraction of sp³-hybridized carbons (Fsp3) is 0.667. The maximum Gasteiger partial charge on any atom is 0.315 e. The van der Waals surface area contributed by atoms with Gasteiger partial charge in [0.2, 0.25) is 0 Å². The number of hydrogen-bond acceptors (Lipinski definition) is 3. The van der Waals surface area contributed by atoms with Gasteiger partial charge in [0, 0.05) is 6.54 Å². The molecule has 0 aromatic rings. The molecule has 0 heterocycles. The highest BCUT2D eigenvalue weighted by atomic mass is 16.5. The van der Waals surface area contributed by atoms with Crippen LogP contribution in [0, 0.1) is 5.41 Å². The summed E-state index contributed by atoms with van der Waals surface area (Å²) < 4.78 is 5.05. The maximum atomic E-state index is 11.5. The van der Waals surface area contributed by atoms with Crippen LogP contribution in [-0.4, -0.2) is 31.7 Å². The second kappa shape index (κ2) is 7.70. The number of amides is 2. The molecule has 0 saturated heterocycles. The van der Waals surface area contributed by atoms with Gasteiger partial charge in [-0.25, -0.2) is 4.79 Å². The molecule has 0 fully saturated rings. The lowest BCUT2D eigenvalue weighted by molar-refractivity contribution is -0.153. The van der Waals surface area contributed by atoms with Crippen LogP contribution in [0.5, 0.6) is 0 Å². The first-order chi connectivity index (χ1) is 7.94. The minimum Gasteiger partial charge on any atom is -0.463 e. The third kappa shape index (κ3) is 6.60. The second-order valence-electron chi connectivity index (χ2n) is 4.30. The van der Waals surface area contributed by atoms with Gasteiger partial charge in [-0.2, -0.15) is 0 Å². The van der Waals surface area contributed by atoms with Crippen molar-refractivity contribution in [2.24, 2.45) is 5.41 Å². The van der Waals surface area contributed by atoms with E-state index in [0.717, 1.165) is 6.42 Å². The lowest BCUT2D eigenvalue weighted by Crippen LogP contribution is -2.38. The van der Waals surface area contributed by atoms with Crippen LogP contribution < -0.4 is 10.6 Å².